The molecule has 0 unspecified atom stereocenters. The monoisotopic (exact) mass is 381 g/mol. The molecule has 0 aliphatic carbocycles. The third-order valence-corrected chi connectivity index (χ3v) is 4.21. The van der Waals surface area contributed by atoms with Gasteiger partial charge in [0.1, 0.15) is 5.82 Å². The average Bonchev–Trinajstić information content (AvgIpc) is 3.13. The summed E-state index contributed by atoms with van der Waals surface area (Å²) in [5.41, 5.74) is 2.61. The maximum atomic E-state index is 12.2. The molecule has 0 atom stereocenters. The number of aryl methyl sites for hydroxylation is 3. The van der Waals surface area contributed by atoms with E-state index in [1.54, 1.807) is 19.1 Å². The Morgan fingerprint density at radius 2 is 2.04 bits per heavy atom. The summed E-state index contributed by atoms with van der Waals surface area (Å²) in [5.74, 6) is 1.39. The van der Waals surface area contributed by atoms with Crippen LogP contribution in [0.4, 0.5) is 10.5 Å². The van der Waals surface area contributed by atoms with E-state index in [9.17, 15) is 9.59 Å². The number of carbonyl (C=O) groups excluding carboxylic acids is 1. The predicted molar refractivity (Wildman–Crippen MR) is 106 cm³/mol. The summed E-state index contributed by atoms with van der Waals surface area (Å²) < 4.78 is 1.53. The molecule has 0 saturated heterocycles. The molecule has 28 heavy (non-hydrogen) atoms. The smallest absolute Gasteiger partial charge is 0.336 e. The number of hydrogen-bond donors (Lipinski definition) is 3. The minimum absolute atomic E-state index is 0.303. The van der Waals surface area contributed by atoms with Crippen LogP contribution in [0.1, 0.15) is 24.1 Å². The van der Waals surface area contributed by atoms with Crippen molar-refractivity contribution in [2.45, 2.75) is 33.7 Å². The van der Waals surface area contributed by atoms with Crippen LogP contribution in [-0.4, -0.2) is 37.3 Å². The van der Waals surface area contributed by atoms with E-state index >= 15 is 0 Å². The second-order valence-corrected chi connectivity index (χ2v) is 6.39. The van der Waals surface area contributed by atoms with Gasteiger partial charge in [-0.15, -0.1) is 0 Å². The molecule has 3 rings (SSSR count). The average molecular weight is 381 g/mol. The second-order valence-electron chi connectivity index (χ2n) is 6.39. The van der Waals surface area contributed by atoms with Crippen molar-refractivity contribution in [3.63, 3.8) is 0 Å². The van der Waals surface area contributed by atoms with Crippen molar-refractivity contribution >= 4 is 11.7 Å². The second kappa shape index (κ2) is 8.47. The first-order valence-electron chi connectivity index (χ1n) is 9.08. The van der Waals surface area contributed by atoms with Gasteiger partial charge in [-0.1, -0.05) is 19.1 Å². The normalized spacial score (nSPS) is 10.7. The van der Waals surface area contributed by atoms with Gasteiger partial charge in [-0.25, -0.2) is 14.6 Å². The van der Waals surface area contributed by atoms with Crippen molar-refractivity contribution < 1.29 is 4.79 Å². The molecule has 0 bridgehead atoms. The van der Waals surface area contributed by atoms with E-state index in [1.807, 2.05) is 32.0 Å². The Morgan fingerprint density at radius 1 is 1.21 bits per heavy atom. The summed E-state index contributed by atoms with van der Waals surface area (Å²) in [5, 5.41) is 12.6. The Hall–Kier alpha value is -3.49. The Bertz CT molecular complexity index is 1040. The van der Waals surface area contributed by atoms with E-state index in [0.29, 0.717) is 30.3 Å². The number of carbonyl (C=O) groups is 1. The Labute approximate surface area is 162 Å². The summed E-state index contributed by atoms with van der Waals surface area (Å²) in [6.07, 6.45) is 0.770. The van der Waals surface area contributed by atoms with E-state index in [-0.39, 0.29) is 11.7 Å². The molecule has 9 heteroatoms. The lowest BCUT2D eigenvalue weighted by Crippen LogP contribution is -2.35. The molecule has 0 aliphatic rings. The first-order chi connectivity index (χ1) is 13.5. The van der Waals surface area contributed by atoms with Crippen LogP contribution in [0.3, 0.4) is 0 Å². The lowest BCUT2D eigenvalue weighted by Gasteiger charge is -2.11. The fourth-order valence-electron chi connectivity index (χ4n) is 2.82. The SMILES string of the molecule is CCc1nc(-c2cccc(NC(=O)NCCn3c(C)cc(C)nc3=O)c2)n[nH]1. The van der Waals surface area contributed by atoms with Crippen molar-refractivity contribution in [1.82, 2.24) is 30.0 Å². The van der Waals surface area contributed by atoms with E-state index in [4.69, 9.17) is 0 Å². The molecule has 2 aromatic heterocycles. The standard InChI is InChI=1S/C19H23N7O2/c1-4-16-23-17(25-24-16)14-6-5-7-15(11-14)22-18(27)20-8-9-26-13(3)10-12(2)21-19(26)28/h5-7,10-11H,4,8-9H2,1-3H3,(H2,20,22,27)(H,23,24,25). The molecule has 9 nitrogen and oxygen atoms in total. The predicted octanol–water partition coefficient (Wildman–Crippen LogP) is 2.03. The number of anilines is 1. The maximum Gasteiger partial charge on any atom is 0.348 e. The minimum Gasteiger partial charge on any atom is -0.336 e. The molecule has 3 aromatic rings. The van der Waals surface area contributed by atoms with E-state index < -0.39 is 0 Å². The third-order valence-electron chi connectivity index (χ3n) is 4.21. The van der Waals surface area contributed by atoms with Gasteiger partial charge < -0.3 is 10.6 Å². The van der Waals surface area contributed by atoms with Gasteiger partial charge in [0.05, 0.1) is 0 Å². The highest BCUT2D eigenvalue weighted by Gasteiger charge is 2.08. The molecular weight excluding hydrogens is 358 g/mol. The maximum absolute atomic E-state index is 12.2. The highest BCUT2D eigenvalue weighted by molar-refractivity contribution is 5.89. The fraction of sp³-hybridized carbons (Fsp3) is 0.316. The molecule has 146 valence electrons. The van der Waals surface area contributed by atoms with Crippen molar-refractivity contribution in [1.29, 1.82) is 0 Å². The van der Waals surface area contributed by atoms with Crippen LogP contribution in [0.15, 0.2) is 35.1 Å². The van der Waals surface area contributed by atoms with Crippen LogP contribution in [-0.2, 0) is 13.0 Å². The van der Waals surface area contributed by atoms with Gasteiger partial charge in [-0.2, -0.15) is 10.1 Å². The number of nitrogens with one attached hydrogen (secondary N) is 3. The quantitative estimate of drug-likeness (QED) is 0.604. The van der Waals surface area contributed by atoms with Gasteiger partial charge in [0.2, 0.25) is 0 Å². The largest absolute Gasteiger partial charge is 0.348 e. The Kier molecular flexibility index (Phi) is 5.83. The van der Waals surface area contributed by atoms with Gasteiger partial charge in [-0.05, 0) is 32.0 Å². The number of rotatable bonds is 6. The number of aromatic nitrogens is 5. The fourth-order valence-corrected chi connectivity index (χ4v) is 2.82. The molecule has 0 saturated carbocycles. The van der Waals surface area contributed by atoms with Gasteiger partial charge in [0.15, 0.2) is 5.82 Å². The van der Waals surface area contributed by atoms with Crippen molar-refractivity contribution in [3.8, 4) is 11.4 Å². The molecule has 0 aliphatic heterocycles. The van der Waals surface area contributed by atoms with Gasteiger partial charge in [0.25, 0.3) is 0 Å². The highest BCUT2D eigenvalue weighted by atomic mass is 16.2. The zero-order valence-electron chi connectivity index (χ0n) is 16.1. The van der Waals surface area contributed by atoms with Crippen molar-refractivity contribution in [3.05, 3.63) is 58.0 Å². The lowest BCUT2D eigenvalue weighted by atomic mass is 10.2. The van der Waals surface area contributed by atoms with Crippen LogP contribution < -0.4 is 16.3 Å². The number of urea groups is 1. The summed E-state index contributed by atoms with van der Waals surface area (Å²) in [6, 6.07) is 8.78. The number of amides is 2. The summed E-state index contributed by atoms with van der Waals surface area (Å²) in [7, 11) is 0. The zero-order valence-corrected chi connectivity index (χ0v) is 16.1. The lowest BCUT2D eigenvalue weighted by molar-refractivity contribution is 0.251. The van der Waals surface area contributed by atoms with Gasteiger partial charge in [-0.3, -0.25) is 9.67 Å². The first kappa shape index (κ1) is 19.3. The van der Waals surface area contributed by atoms with Crippen molar-refractivity contribution in [2.24, 2.45) is 0 Å². The number of nitrogens with zero attached hydrogens (tertiary/aromatic N) is 4. The van der Waals surface area contributed by atoms with E-state index in [1.165, 1.54) is 4.57 Å². The minimum atomic E-state index is -0.354. The van der Waals surface area contributed by atoms with Crippen LogP contribution in [0.5, 0.6) is 0 Å². The molecular formula is C19H23N7O2. The molecule has 2 amide bonds. The topological polar surface area (TPSA) is 118 Å². The van der Waals surface area contributed by atoms with Crippen LogP contribution in [0, 0.1) is 13.8 Å². The number of aromatic amines is 1. The first-order valence-corrected chi connectivity index (χ1v) is 9.08. The van der Waals surface area contributed by atoms with Crippen LogP contribution >= 0.6 is 0 Å². The Balaban J connectivity index is 1.58. The zero-order chi connectivity index (χ0) is 20.1. The van der Waals surface area contributed by atoms with E-state index in [0.717, 1.165) is 23.5 Å². The van der Waals surface area contributed by atoms with Crippen LogP contribution in [0.25, 0.3) is 11.4 Å². The molecule has 3 N–H and O–H groups in total. The van der Waals surface area contributed by atoms with E-state index in [2.05, 4.69) is 30.8 Å². The molecule has 0 spiro atoms. The van der Waals surface area contributed by atoms with Crippen molar-refractivity contribution in [2.75, 3.05) is 11.9 Å². The summed E-state index contributed by atoms with van der Waals surface area (Å²) in [4.78, 5) is 32.4. The Morgan fingerprint density at radius 3 is 2.75 bits per heavy atom. The number of H-pyrrole nitrogens is 1. The molecule has 0 fully saturated rings. The summed E-state index contributed by atoms with van der Waals surface area (Å²) >= 11 is 0. The van der Waals surface area contributed by atoms with Crippen LogP contribution in [0.2, 0.25) is 0 Å². The third kappa shape index (κ3) is 4.61. The molecule has 1 aromatic carbocycles. The molecule has 2 heterocycles. The number of benzene rings is 1. The van der Waals surface area contributed by atoms with Gasteiger partial charge in [0, 0.05) is 42.1 Å². The van der Waals surface area contributed by atoms with Gasteiger partial charge >= 0.3 is 11.7 Å². The highest BCUT2D eigenvalue weighted by Crippen LogP contribution is 2.19. The molecule has 0 radical (unpaired) electrons. The number of hydrogen-bond acceptors (Lipinski definition) is 5. The summed E-state index contributed by atoms with van der Waals surface area (Å²) in [6.45, 7) is 6.27.